The predicted molar refractivity (Wildman–Crippen MR) is 78.8 cm³/mol. The maximum atomic E-state index is 2.31. The third-order valence-electron chi connectivity index (χ3n) is 3.30. The summed E-state index contributed by atoms with van der Waals surface area (Å²) in [6.45, 7) is 2.28. The zero-order chi connectivity index (χ0) is 11.7. The van der Waals surface area contributed by atoms with Gasteiger partial charge in [0.15, 0.2) is 9.40 Å². The van der Waals surface area contributed by atoms with E-state index in [4.69, 9.17) is 0 Å². The number of thiophene rings is 1. The van der Waals surface area contributed by atoms with Crippen LogP contribution in [-0.4, -0.2) is 0 Å². The van der Waals surface area contributed by atoms with E-state index in [0.717, 1.165) is 0 Å². The predicted octanol–water partition coefficient (Wildman–Crippen LogP) is 5.54. The first-order chi connectivity index (χ1) is 8.42. The fraction of sp³-hybridized carbons (Fsp3) is 0.250. The molecule has 3 aromatic rings. The van der Waals surface area contributed by atoms with Crippen molar-refractivity contribution in [2.45, 2.75) is 25.5 Å². The Morgan fingerprint density at radius 3 is 1.88 bits per heavy atom. The highest BCUT2D eigenvalue weighted by Crippen LogP contribution is 2.43. The second kappa shape index (κ2) is 4.50. The van der Waals surface area contributed by atoms with Gasteiger partial charge in [-0.05, 0) is 41.2 Å². The van der Waals surface area contributed by atoms with Gasteiger partial charge in [-0.3, -0.25) is 0 Å². The molecule has 0 bridgehead atoms. The molecule has 0 atom stereocenters. The summed E-state index contributed by atoms with van der Waals surface area (Å²) in [6, 6.07) is 17.8. The molecule has 3 rings (SSSR count). The molecule has 0 saturated carbocycles. The second-order valence-electron chi connectivity index (χ2n) is 4.44. The molecule has 0 saturated heterocycles. The summed E-state index contributed by atoms with van der Waals surface area (Å²) in [5.74, 6) is 1.31. The Bertz CT molecular complexity index is 595. The van der Waals surface area contributed by atoms with Crippen molar-refractivity contribution in [3.8, 4) is 0 Å². The van der Waals surface area contributed by atoms with Gasteiger partial charge >= 0.3 is 0 Å². The van der Waals surface area contributed by atoms with Gasteiger partial charge in [-0.2, -0.15) is 0 Å². The first-order valence-corrected chi connectivity index (χ1v) is 7.70. The van der Waals surface area contributed by atoms with Gasteiger partial charge in [-0.1, -0.05) is 37.6 Å². The minimum Gasteiger partial charge on any atom is -0.0652 e. The SMILES string of the molecule is CCCC[s+]1c2ccccc2c2ccccc21. The number of hydrogen-bond donors (Lipinski definition) is 0. The van der Waals surface area contributed by atoms with Gasteiger partial charge in [-0.25, -0.2) is 0 Å². The molecule has 0 unspecified atom stereocenters. The summed E-state index contributed by atoms with van der Waals surface area (Å²) in [7, 11) is 0.323. The number of rotatable bonds is 3. The van der Waals surface area contributed by atoms with Crippen molar-refractivity contribution >= 4 is 30.6 Å². The average Bonchev–Trinajstić information content (AvgIpc) is 2.71. The molecule has 0 amide bonds. The van der Waals surface area contributed by atoms with E-state index in [0.29, 0.717) is 10.5 Å². The maximum Gasteiger partial charge on any atom is 0.181 e. The molecule has 0 radical (unpaired) electrons. The highest BCUT2D eigenvalue weighted by Gasteiger charge is 2.19. The number of fused-ring (bicyclic) bond motifs is 3. The van der Waals surface area contributed by atoms with Gasteiger partial charge < -0.3 is 0 Å². The fourth-order valence-corrected chi connectivity index (χ4v) is 5.06. The van der Waals surface area contributed by atoms with Crippen molar-refractivity contribution in [3.05, 3.63) is 48.5 Å². The summed E-state index contributed by atoms with van der Waals surface area (Å²) in [5.41, 5.74) is 0. The zero-order valence-electron chi connectivity index (χ0n) is 10.1. The van der Waals surface area contributed by atoms with E-state index in [2.05, 4.69) is 55.5 Å². The summed E-state index contributed by atoms with van der Waals surface area (Å²) in [4.78, 5) is 0. The Morgan fingerprint density at radius 1 is 0.824 bits per heavy atom. The zero-order valence-corrected chi connectivity index (χ0v) is 11.0. The Kier molecular flexibility index (Phi) is 2.86. The lowest BCUT2D eigenvalue weighted by Gasteiger charge is -1.91. The van der Waals surface area contributed by atoms with Gasteiger partial charge in [-0.15, -0.1) is 0 Å². The van der Waals surface area contributed by atoms with Crippen LogP contribution in [0.5, 0.6) is 0 Å². The van der Waals surface area contributed by atoms with Gasteiger partial charge in [0.05, 0.1) is 0 Å². The van der Waals surface area contributed by atoms with Crippen LogP contribution in [0.1, 0.15) is 19.8 Å². The molecule has 0 fully saturated rings. The summed E-state index contributed by atoms with van der Waals surface area (Å²) in [6.07, 6.45) is 2.61. The third-order valence-corrected chi connectivity index (χ3v) is 5.77. The van der Waals surface area contributed by atoms with Crippen LogP contribution in [0.3, 0.4) is 0 Å². The highest BCUT2D eigenvalue weighted by atomic mass is 32.2. The van der Waals surface area contributed by atoms with E-state index >= 15 is 0 Å². The summed E-state index contributed by atoms with van der Waals surface area (Å²) >= 11 is 0. The minimum absolute atomic E-state index is 0.323. The lowest BCUT2D eigenvalue weighted by molar-refractivity contribution is 0.855. The number of benzene rings is 2. The number of aryl methyl sites for hydroxylation is 1. The van der Waals surface area contributed by atoms with Gasteiger partial charge in [0, 0.05) is 10.8 Å². The average molecular weight is 241 g/mol. The van der Waals surface area contributed by atoms with E-state index in [1.54, 1.807) is 9.40 Å². The van der Waals surface area contributed by atoms with Crippen LogP contribution < -0.4 is 0 Å². The van der Waals surface area contributed by atoms with Crippen molar-refractivity contribution < 1.29 is 0 Å². The van der Waals surface area contributed by atoms with Crippen LogP contribution in [-0.2, 0) is 5.75 Å². The smallest absolute Gasteiger partial charge is 0.0652 e. The quantitative estimate of drug-likeness (QED) is 0.528. The molecule has 1 heterocycles. The molecule has 0 aliphatic heterocycles. The monoisotopic (exact) mass is 241 g/mol. The molecule has 1 heteroatoms. The van der Waals surface area contributed by atoms with Crippen LogP contribution >= 0.6 is 10.5 Å². The topological polar surface area (TPSA) is 0 Å². The maximum absolute atomic E-state index is 2.31. The van der Waals surface area contributed by atoms with Crippen molar-refractivity contribution in [1.29, 1.82) is 0 Å². The van der Waals surface area contributed by atoms with Gasteiger partial charge in [0.25, 0.3) is 0 Å². The molecule has 0 spiro atoms. The minimum atomic E-state index is 0.323. The normalized spacial score (nSPS) is 11.4. The molecule has 0 nitrogen and oxygen atoms in total. The number of hydrogen-bond acceptors (Lipinski definition) is 0. The Morgan fingerprint density at radius 2 is 1.35 bits per heavy atom. The molecule has 0 N–H and O–H groups in total. The largest absolute Gasteiger partial charge is 0.181 e. The van der Waals surface area contributed by atoms with Crippen LogP contribution in [0, 0.1) is 0 Å². The lowest BCUT2D eigenvalue weighted by atomic mass is 10.2. The lowest BCUT2D eigenvalue weighted by Crippen LogP contribution is -1.73. The summed E-state index contributed by atoms with van der Waals surface area (Å²) in [5, 5.41) is 2.92. The van der Waals surface area contributed by atoms with Crippen molar-refractivity contribution in [2.24, 2.45) is 0 Å². The molecule has 17 heavy (non-hydrogen) atoms. The molecular weight excluding hydrogens is 224 g/mol. The van der Waals surface area contributed by atoms with Crippen LogP contribution in [0.25, 0.3) is 20.2 Å². The van der Waals surface area contributed by atoms with E-state index in [9.17, 15) is 0 Å². The molecule has 1 aromatic heterocycles. The highest BCUT2D eigenvalue weighted by molar-refractivity contribution is 7.42. The molecule has 0 aliphatic rings. The van der Waals surface area contributed by atoms with Crippen LogP contribution in [0.15, 0.2) is 48.5 Å². The fourth-order valence-electron chi connectivity index (χ4n) is 2.44. The number of unbranched alkanes of at least 4 members (excludes halogenated alkanes) is 1. The Hall–Kier alpha value is -1.34. The first kappa shape index (κ1) is 10.8. The van der Waals surface area contributed by atoms with E-state index in [1.807, 2.05) is 0 Å². The van der Waals surface area contributed by atoms with Crippen molar-refractivity contribution in [1.82, 2.24) is 0 Å². The molecule has 0 aliphatic carbocycles. The van der Waals surface area contributed by atoms with Crippen molar-refractivity contribution in [3.63, 3.8) is 0 Å². The summed E-state index contributed by atoms with van der Waals surface area (Å²) < 4.78 is 3.12. The third kappa shape index (κ3) is 1.75. The second-order valence-corrected chi connectivity index (χ2v) is 6.51. The first-order valence-electron chi connectivity index (χ1n) is 6.31. The molecule has 86 valence electrons. The Labute approximate surface area is 105 Å². The Balaban J connectivity index is 2.33. The standard InChI is InChI=1S/C16H17S/c1-2-3-12-17-15-10-6-4-8-13(15)14-9-5-7-11-16(14)17/h4-11H,2-3,12H2,1H3/q+1. The van der Waals surface area contributed by atoms with E-state index in [1.165, 1.54) is 29.4 Å². The molecule has 2 aromatic carbocycles. The van der Waals surface area contributed by atoms with E-state index < -0.39 is 0 Å². The van der Waals surface area contributed by atoms with E-state index in [-0.39, 0.29) is 0 Å². The molecular formula is C16H17S+. The van der Waals surface area contributed by atoms with Gasteiger partial charge in [0.2, 0.25) is 0 Å². The van der Waals surface area contributed by atoms with Gasteiger partial charge in [0.1, 0.15) is 5.75 Å². The van der Waals surface area contributed by atoms with Crippen LogP contribution in [0.2, 0.25) is 0 Å². The van der Waals surface area contributed by atoms with Crippen molar-refractivity contribution in [2.75, 3.05) is 0 Å². The van der Waals surface area contributed by atoms with Crippen LogP contribution in [0.4, 0.5) is 0 Å².